The maximum Gasteiger partial charge on any atom is 0.0593 e. The summed E-state index contributed by atoms with van der Waals surface area (Å²) < 4.78 is 0.985. The molecular formula is C13H17BrClN. The van der Waals surface area contributed by atoms with Crippen molar-refractivity contribution in [3.8, 4) is 0 Å². The van der Waals surface area contributed by atoms with Crippen molar-refractivity contribution < 1.29 is 0 Å². The summed E-state index contributed by atoms with van der Waals surface area (Å²) >= 11 is 9.62. The normalized spacial score (nSPS) is 24.7. The van der Waals surface area contributed by atoms with E-state index in [0.29, 0.717) is 6.04 Å². The fourth-order valence-corrected chi connectivity index (χ4v) is 3.08. The molecule has 1 fully saturated rings. The Morgan fingerprint density at radius 1 is 1.44 bits per heavy atom. The third-order valence-corrected chi connectivity index (χ3v) is 4.87. The van der Waals surface area contributed by atoms with E-state index in [1.165, 1.54) is 25.7 Å². The molecule has 2 unspecified atom stereocenters. The number of hydrogen-bond acceptors (Lipinski definition) is 1. The molecule has 88 valence electrons. The molecule has 16 heavy (non-hydrogen) atoms. The molecule has 0 aliphatic heterocycles. The lowest BCUT2D eigenvalue weighted by molar-refractivity contribution is 0.489. The number of hydrogen-bond donors (Lipinski definition) is 1. The molecule has 1 N–H and O–H groups in total. The highest BCUT2D eigenvalue weighted by atomic mass is 79.9. The molecule has 0 spiro atoms. The van der Waals surface area contributed by atoms with Crippen molar-refractivity contribution in [3.05, 3.63) is 27.7 Å². The minimum atomic E-state index is 0.611. The minimum Gasteiger partial charge on any atom is -0.381 e. The molecule has 2 rings (SSSR count). The van der Waals surface area contributed by atoms with E-state index in [1.54, 1.807) is 0 Å². The predicted molar refractivity (Wildman–Crippen MR) is 74.2 cm³/mol. The number of benzene rings is 1. The quantitative estimate of drug-likeness (QED) is 0.819. The molecule has 1 aromatic rings. The zero-order valence-electron chi connectivity index (χ0n) is 9.47. The van der Waals surface area contributed by atoms with Crippen molar-refractivity contribution in [2.45, 2.75) is 38.6 Å². The van der Waals surface area contributed by atoms with E-state index in [0.717, 1.165) is 21.1 Å². The van der Waals surface area contributed by atoms with Gasteiger partial charge in [-0.25, -0.2) is 0 Å². The smallest absolute Gasteiger partial charge is 0.0593 e. The standard InChI is InChI=1S/C13H17BrClN/c1-2-9-5-3-7-11(9)16-12-8-4-6-10(15)13(12)14/h4,6,8-9,11,16H,2-3,5,7H2,1H3. The van der Waals surface area contributed by atoms with Crippen LogP contribution in [0.1, 0.15) is 32.6 Å². The first-order valence-corrected chi connectivity index (χ1v) is 7.10. The monoisotopic (exact) mass is 301 g/mol. The van der Waals surface area contributed by atoms with E-state index in [1.807, 2.05) is 12.1 Å². The fourth-order valence-electron chi connectivity index (χ4n) is 2.53. The van der Waals surface area contributed by atoms with Crippen LogP contribution < -0.4 is 5.32 Å². The summed E-state index contributed by atoms with van der Waals surface area (Å²) in [6.45, 7) is 2.28. The van der Waals surface area contributed by atoms with E-state index in [9.17, 15) is 0 Å². The summed E-state index contributed by atoms with van der Waals surface area (Å²) in [5, 5.41) is 4.39. The van der Waals surface area contributed by atoms with Gasteiger partial charge in [0.05, 0.1) is 15.2 Å². The Bertz CT molecular complexity index is 367. The molecule has 0 radical (unpaired) electrons. The SMILES string of the molecule is CCC1CCCC1Nc1cccc(Cl)c1Br. The van der Waals surface area contributed by atoms with Gasteiger partial charge in [0.25, 0.3) is 0 Å². The Morgan fingerprint density at radius 2 is 2.25 bits per heavy atom. The summed E-state index contributed by atoms with van der Waals surface area (Å²) in [5.41, 5.74) is 1.12. The zero-order chi connectivity index (χ0) is 11.5. The Kier molecular flexibility index (Phi) is 4.15. The predicted octanol–water partition coefficient (Wildman–Crippen LogP) is 5.09. The van der Waals surface area contributed by atoms with Gasteiger partial charge < -0.3 is 5.32 Å². The van der Waals surface area contributed by atoms with Crippen molar-refractivity contribution in [1.29, 1.82) is 0 Å². The van der Waals surface area contributed by atoms with Gasteiger partial charge in [0, 0.05) is 6.04 Å². The highest BCUT2D eigenvalue weighted by Gasteiger charge is 2.25. The highest BCUT2D eigenvalue weighted by molar-refractivity contribution is 9.10. The first kappa shape index (κ1) is 12.3. The highest BCUT2D eigenvalue weighted by Crippen LogP contribution is 2.35. The largest absolute Gasteiger partial charge is 0.381 e. The maximum atomic E-state index is 6.08. The van der Waals surface area contributed by atoms with Crippen LogP contribution in [0.2, 0.25) is 5.02 Å². The molecule has 0 aromatic heterocycles. The van der Waals surface area contributed by atoms with Crippen molar-refractivity contribution >= 4 is 33.2 Å². The molecule has 0 heterocycles. The van der Waals surface area contributed by atoms with Crippen LogP contribution >= 0.6 is 27.5 Å². The van der Waals surface area contributed by atoms with E-state index < -0.39 is 0 Å². The first-order valence-electron chi connectivity index (χ1n) is 5.93. The molecule has 3 heteroatoms. The summed E-state index contributed by atoms with van der Waals surface area (Å²) in [5.74, 6) is 0.811. The average Bonchev–Trinajstić information content (AvgIpc) is 2.72. The molecule has 1 aliphatic rings. The number of anilines is 1. The van der Waals surface area contributed by atoms with Gasteiger partial charge in [0.15, 0.2) is 0 Å². The lowest BCUT2D eigenvalue weighted by Gasteiger charge is -2.21. The average molecular weight is 303 g/mol. The van der Waals surface area contributed by atoms with Crippen LogP contribution in [0.4, 0.5) is 5.69 Å². The summed E-state index contributed by atoms with van der Waals surface area (Å²) in [6.07, 6.45) is 5.23. The lowest BCUT2D eigenvalue weighted by atomic mass is 10.0. The molecule has 0 bridgehead atoms. The molecule has 1 aromatic carbocycles. The Morgan fingerprint density at radius 3 is 3.00 bits per heavy atom. The van der Waals surface area contributed by atoms with Crippen LogP contribution in [0.15, 0.2) is 22.7 Å². The van der Waals surface area contributed by atoms with Crippen molar-refractivity contribution in [1.82, 2.24) is 0 Å². The molecule has 2 atom stereocenters. The molecule has 1 aliphatic carbocycles. The van der Waals surface area contributed by atoms with Crippen molar-refractivity contribution in [2.24, 2.45) is 5.92 Å². The summed E-state index contributed by atoms with van der Waals surface area (Å²) in [4.78, 5) is 0. The second-order valence-electron chi connectivity index (χ2n) is 4.45. The number of rotatable bonds is 3. The third-order valence-electron chi connectivity index (χ3n) is 3.48. The number of halogens is 2. The van der Waals surface area contributed by atoms with Crippen LogP contribution in [-0.2, 0) is 0 Å². The van der Waals surface area contributed by atoms with Crippen LogP contribution in [0.3, 0.4) is 0 Å². The van der Waals surface area contributed by atoms with Crippen LogP contribution in [-0.4, -0.2) is 6.04 Å². The van der Waals surface area contributed by atoms with Gasteiger partial charge in [0.2, 0.25) is 0 Å². The number of nitrogens with one attached hydrogen (secondary N) is 1. The Labute approximate surface area is 111 Å². The fraction of sp³-hybridized carbons (Fsp3) is 0.538. The Hall–Kier alpha value is -0.210. The van der Waals surface area contributed by atoms with Gasteiger partial charge in [-0.3, -0.25) is 0 Å². The maximum absolute atomic E-state index is 6.08. The second kappa shape index (κ2) is 5.42. The van der Waals surface area contributed by atoms with Gasteiger partial charge in [-0.05, 0) is 46.8 Å². The van der Waals surface area contributed by atoms with E-state index in [4.69, 9.17) is 11.6 Å². The van der Waals surface area contributed by atoms with E-state index in [-0.39, 0.29) is 0 Å². The molecule has 1 saturated carbocycles. The third kappa shape index (κ3) is 2.54. The lowest BCUT2D eigenvalue weighted by Crippen LogP contribution is -2.23. The van der Waals surface area contributed by atoms with Gasteiger partial charge in [-0.1, -0.05) is 37.4 Å². The van der Waals surface area contributed by atoms with Crippen LogP contribution in [0.5, 0.6) is 0 Å². The summed E-state index contributed by atoms with van der Waals surface area (Å²) in [7, 11) is 0. The summed E-state index contributed by atoms with van der Waals surface area (Å²) in [6, 6.07) is 6.59. The molecule has 1 nitrogen and oxygen atoms in total. The van der Waals surface area contributed by atoms with Crippen molar-refractivity contribution in [2.75, 3.05) is 5.32 Å². The Balaban J connectivity index is 2.11. The van der Waals surface area contributed by atoms with Gasteiger partial charge in [-0.15, -0.1) is 0 Å². The van der Waals surface area contributed by atoms with Gasteiger partial charge in [-0.2, -0.15) is 0 Å². The first-order chi connectivity index (χ1) is 7.72. The van der Waals surface area contributed by atoms with Crippen LogP contribution in [0.25, 0.3) is 0 Å². The van der Waals surface area contributed by atoms with E-state index >= 15 is 0 Å². The van der Waals surface area contributed by atoms with E-state index in [2.05, 4.69) is 34.2 Å². The van der Waals surface area contributed by atoms with Crippen LogP contribution in [0, 0.1) is 5.92 Å². The second-order valence-corrected chi connectivity index (χ2v) is 5.65. The molecule has 0 saturated heterocycles. The molecular weight excluding hydrogens is 286 g/mol. The van der Waals surface area contributed by atoms with Crippen molar-refractivity contribution in [3.63, 3.8) is 0 Å². The van der Waals surface area contributed by atoms with Gasteiger partial charge in [0.1, 0.15) is 0 Å². The zero-order valence-corrected chi connectivity index (χ0v) is 11.8. The molecule has 0 amide bonds. The minimum absolute atomic E-state index is 0.611. The van der Waals surface area contributed by atoms with Gasteiger partial charge >= 0.3 is 0 Å². The topological polar surface area (TPSA) is 12.0 Å².